The van der Waals surface area contributed by atoms with Crippen LogP contribution in [-0.2, 0) is 9.53 Å². The lowest BCUT2D eigenvalue weighted by Crippen LogP contribution is -2.46. The molecule has 0 radical (unpaired) electrons. The molecule has 1 aliphatic heterocycles. The van der Waals surface area contributed by atoms with Gasteiger partial charge in [-0.2, -0.15) is 5.26 Å². The Balaban J connectivity index is 2.53. The van der Waals surface area contributed by atoms with Crippen LogP contribution in [0, 0.1) is 17.2 Å². The number of amides is 1. The normalized spacial score (nSPS) is 20.9. The molecule has 0 saturated carbocycles. The Kier molecular flexibility index (Phi) is 4.11. The maximum atomic E-state index is 11.7. The first-order valence-electron chi connectivity index (χ1n) is 5.71. The highest BCUT2D eigenvalue weighted by molar-refractivity contribution is 5.87. The lowest BCUT2D eigenvalue weighted by Gasteiger charge is -2.31. The highest BCUT2D eigenvalue weighted by atomic mass is 16.6. The number of carbonyl (C=O) groups is 2. The van der Waals surface area contributed by atoms with Gasteiger partial charge in [0.1, 0.15) is 5.60 Å². The maximum absolute atomic E-state index is 11.7. The van der Waals surface area contributed by atoms with E-state index >= 15 is 0 Å². The first kappa shape index (κ1) is 13.5. The average Bonchev–Trinajstić information content (AvgIpc) is 2.18. The van der Waals surface area contributed by atoms with Crippen LogP contribution in [0.15, 0.2) is 0 Å². The predicted octanol–water partition coefficient (Wildman–Crippen LogP) is 1.73. The van der Waals surface area contributed by atoms with Gasteiger partial charge in [-0.1, -0.05) is 0 Å². The Labute approximate surface area is 101 Å². The van der Waals surface area contributed by atoms with Crippen LogP contribution in [-0.4, -0.2) is 35.5 Å². The summed E-state index contributed by atoms with van der Waals surface area (Å²) in [5.41, 5.74) is -0.552. The highest BCUT2D eigenvalue weighted by Gasteiger charge is 2.31. The molecule has 1 atom stereocenters. The van der Waals surface area contributed by atoms with Crippen molar-refractivity contribution in [3.8, 4) is 6.07 Å². The van der Waals surface area contributed by atoms with Crippen LogP contribution in [0.2, 0.25) is 0 Å². The van der Waals surface area contributed by atoms with Crippen molar-refractivity contribution < 1.29 is 14.3 Å². The zero-order valence-corrected chi connectivity index (χ0v) is 10.5. The second-order valence-corrected chi connectivity index (χ2v) is 5.22. The van der Waals surface area contributed by atoms with Gasteiger partial charge in [0.15, 0.2) is 5.78 Å². The molecule has 17 heavy (non-hydrogen) atoms. The van der Waals surface area contributed by atoms with Crippen molar-refractivity contribution in [2.75, 3.05) is 13.1 Å². The Hall–Kier alpha value is -1.57. The number of Topliss-reactive ketones (excluding diaryl/α,β-unsaturated/α-hetero) is 1. The summed E-state index contributed by atoms with van der Waals surface area (Å²) >= 11 is 0. The molecule has 5 heteroatoms. The monoisotopic (exact) mass is 238 g/mol. The largest absolute Gasteiger partial charge is 0.444 e. The van der Waals surface area contributed by atoms with E-state index < -0.39 is 11.7 Å². The minimum Gasteiger partial charge on any atom is -0.444 e. The van der Waals surface area contributed by atoms with Crippen LogP contribution in [0.1, 0.15) is 33.6 Å². The van der Waals surface area contributed by atoms with Crippen LogP contribution in [0.5, 0.6) is 0 Å². The first-order chi connectivity index (χ1) is 7.83. The van der Waals surface area contributed by atoms with E-state index in [1.54, 1.807) is 20.8 Å². The fraction of sp³-hybridized carbons (Fsp3) is 0.750. The third kappa shape index (κ3) is 4.06. The van der Waals surface area contributed by atoms with Crippen LogP contribution in [0.3, 0.4) is 0 Å². The molecule has 1 fully saturated rings. The molecule has 1 aliphatic rings. The average molecular weight is 238 g/mol. The van der Waals surface area contributed by atoms with Crippen molar-refractivity contribution in [2.45, 2.75) is 39.2 Å². The van der Waals surface area contributed by atoms with Gasteiger partial charge in [-0.25, -0.2) is 4.79 Å². The van der Waals surface area contributed by atoms with Gasteiger partial charge in [-0.3, -0.25) is 4.79 Å². The van der Waals surface area contributed by atoms with Crippen LogP contribution < -0.4 is 0 Å². The van der Waals surface area contributed by atoms with E-state index in [9.17, 15) is 9.59 Å². The van der Waals surface area contributed by atoms with E-state index in [2.05, 4.69) is 0 Å². The van der Waals surface area contributed by atoms with Gasteiger partial charge >= 0.3 is 6.09 Å². The lowest BCUT2D eigenvalue weighted by molar-refractivity contribution is -0.126. The van der Waals surface area contributed by atoms with E-state index in [0.717, 1.165) is 0 Å². The Morgan fingerprint density at radius 2 is 2.24 bits per heavy atom. The summed E-state index contributed by atoms with van der Waals surface area (Å²) in [6, 6.07) is 1.99. The molecule has 1 rings (SSSR count). The standard InChI is InChI=1S/C12H18N2O3/c1-12(2,3)17-11(16)14-7-5-9(4-6-13)10(15)8-14/h9H,4-5,7-8H2,1-3H3. The molecule has 1 amide bonds. The van der Waals surface area contributed by atoms with Gasteiger partial charge < -0.3 is 9.64 Å². The lowest BCUT2D eigenvalue weighted by atomic mass is 9.93. The number of ether oxygens (including phenoxy) is 1. The van der Waals surface area contributed by atoms with Crippen molar-refractivity contribution in [2.24, 2.45) is 5.92 Å². The van der Waals surface area contributed by atoms with Crippen LogP contribution in [0.4, 0.5) is 4.79 Å². The summed E-state index contributed by atoms with van der Waals surface area (Å²) in [5.74, 6) is -0.276. The van der Waals surface area contributed by atoms with Gasteiger partial charge in [0.25, 0.3) is 0 Å². The van der Waals surface area contributed by atoms with Crippen molar-refractivity contribution in [1.29, 1.82) is 5.26 Å². The zero-order valence-electron chi connectivity index (χ0n) is 10.5. The number of likely N-dealkylation sites (tertiary alicyclic amines) is 1. The number of nitriles is 1. The van der Waals surface area contributed by atoms with Crippen LogP contribution in [0.25, 0.3) is 0 Å². The molecule has 94 valence electrons. The number of hydrogen-bond donors (Lipinski definition) is 0. The number of piperidine rings is 1. The number of ketones is 1. The summed E-state index contributed by atoms with van der Waals surface area (Å²) in [4.78, 5) is 24.8. The molecule has 0 spiro atoms. The molecule has 0 aromatic carbocycles. The quantitative estimate of drug-likeness (QED) is 0.697. The summed E-state index contributed by atoms with van der Waals surface area (Å²) in [5, 5.41) is 8.56. The van der Waals surface area contributed by atoms with Crippen molar-refractivity contribution in [3.05, 3.63) is 0 Å². The zero-order chi connectivity index (χ0) is 13.1. The fourth-order valence-electron chi connectivity index (χ4n) is 1.68. The minimum absolute atomic E-state index is 0.0522. The van der Waals surface area contributed by atoms with Gasteiger partial charge in [-0.15, -0.1) is 0 Å². The molecule has 0 N–H and O–H groups in total. The van der Waals surface area contributed by atoms with Gasteiger partial charge in [-0.05, 0) is 27.2 Å². The minimum atomic E-state index is -0.552. The molecule has 0 aromatic rings. The number of carbonyl (C=O) groups excluding carboxylic acids is 2. The molecular formula is C12H18N2O3. The summed E-state index contributed by atoms with van der Waals surface area (Å²) < 4.78 is 5.19. The molecule has 5 nitrogen and oxygen atoms in total. The second kappa shape index (κ2) is 5.17. The molecule has 0 bridgehead atoms. The summed E-state index contributed by atoms with van der Waals surface area (Å²) in [7, 11) is 0. The van der Waals surface area contributed by atoms with E-state index in [1.807, 2.05) is 6.07 Å². The Morgan fingerprint density at radius 1 is 1.59 bits per heavy atom. The van der Waals surface area contributed by atoms with Gasteiger partial charge in [0, 0.05) is 18.9 Å². The molecule has 1 heterocycles. The predicted molar refractivity (Wildman–Crippen MR) is 61.2 cm³/mol. The van der Waals surface area contributed by atoms with Crippen molar-refractivity contribution >= 4 is 11.9 Å². The van der Waals surface area contributed by atoms with Gasteiger partial charge in [0.2, 0.25) is 0 Å². The molecule has 0 aromatic heterocycles. The summed E-state index contributed by atoms with van der Waals surface area (Å²) in [6.07, 6.45) is 0.327. The Bertz CT molecular complexity index is 352. The van der Waals surface area contributed by atoms with Crippen LogP contribution >= 0.6 is 0 Å². The number of rotatable bonds is 1. The fourth-order valence-corrected chi connectivity index (χ4v) is 1.68. The van der Waals surface area contributed by atoms with E-state index in [0.29, 0.717) is 13.0 Å². The first-order valence-corrected chi connectivity index (χ1v) is 5.71. The smallest absolute Gasteiger partial charge is 0.410 e. The SMILES string of the molecule is CC(C)(C)OC(=O)N1CCC(CC#N)C(=O)C1. The van der Waals surface area contributed by atoms with E-state index in [4.69, 9.17) is 10.00 Å². The van der Waals surface area contributed by atoms with Gasteiger partial charge in [0.05, 0.1) is 12.6 Å². The maximum Gasteiger partial charge on any atom is 0.410 e. The number of nitrogens with zero attached hydrogens (tertiary/aromatic N) is 2. The molecule has 1 saturated heterocycles. The topological polar surface area (TPSA) is 70.4 Å². The summed E-state index contributed by atoms with van der Waals surface area (Å²) in [6.45, 7) is 5.90. The van der Waals surface area contributed by atoms with Crippen molar-refractivity contribution in [3.63, 3.8) is 0 Å². The highest BCUT2D eigenvalue weighted by Crippen LogP contribution is 2.19. The molecular weight excluding hydrogens is 220 g/mol. The Morgan fingerprint density at radius 3 is 2.71 bits per heavy atom. The molecule has 0 aliphatic carbocycles. The van der Waals surface area contributed by atoms with E-state index in [-0.39, 0.29) is 24.7 Å². The third-order valence-electron chi connectivity index (χ3n) is 2.54. The second-order valence-electron chi connectivity index (χ2n) is 5.22. The van der Waals surface area contributed by atoms with E-state index in [1.165, 1.54) is 4.90 Å². The molecule has 1 unspecified atom stereocenters. The van der Waals surface area contributed by atoms with Crippen molar-refractivity contribution in [1.82, 2.24) is 4.90 Å². The third-order valence-corrected chi connectivity index (χ3v) is 2.54. The number of hydrogen-bond acceptors (Lipinski definition) is 4.